The van der Waals surface area contributed by atoms with Crippen LogP contribution in [0.3, 0.4) is 0 Å². The highest BCUT2D eigenvalue weighted by molar-refractivity contribution is 5.79. The van der Waals surface area contributed by atoms with Crippen molar-refractivity contribution in [1.82, 2.24) is 15.5 Å². The van der Waals surface area contributed by atoms with Gasteiger partial charge in [0.25, 0.3) is 0 Å². The molecule has 0 radical (unpaired) electrons. The minimum atomic E-state index is 0.785. The second-order valence-corrected chi connectivity index (χ2v) is 6.09. The van der Waals surface area contributed by atoms with E-state index in [0.717, 1.165) is 58.3 Å². The van der Waals surface area contributed by atoms with Crippen molar-refractivity contribution < 1.29 is 4.74 Å². The molecule has 0 bridgehead atoms. The van der Waals surface area contributed by atoms with Crippen LogP contribution >= 0.6 is 0 Å². The topological polar surface area (TPSA) is 52.1 Å². The van der Waals surface area contributed by atoms with E-state index in [1.54, 1.807) is 7.11 Å². The lowest BCUT2D eigenvalue weighted by Crippen LogP contribution is -2.41. The van der Waals surface area contributed by atoms with Crippen molar-refractivity contribution in [2.75, 3.05) is 72.0 Å². The number of hydrogen-bond donors (Lipinski definition) is 2. The fourth-order valence-corrected chi connectivity index (χ4v) is 2.42. The lowest BCUT2D eigenvalue weighted by atomic mass is 10.3. The smallest absolute Gasteiger partial charge is 0.191 e. The maximum Gasteiger partial charge on any atom is 0.191 e. The Hall–Kier alpha value is -1.79. The predicted octanol–water partition coefficient (Wildman–Crippen LogP) is 1.65. The fraction of sp³-hybridized carbons (Fsp3) is 0.632. The normalized spacial score (nSPS) is 11.6. The van der Waals surface area contributed by atoms with Crippen molar-refractivity contribution in [3.63, 3.8) is 0 Å². The lowest BCUT2D eigenvalue weighted by molar-refractivity contribution is 0.180. The van der Waals surface area contributed by atoms with Gasteiger partial charge in [-0.1, -0.05) is 18.2 Å². The van der Waals surface area contributed by atoms with Gasteiger partial charge in [0, 0.05) is 59.2 Å². The zero-order chi connectivity index (χ0) is 18.3. The van der Waals surface area contributed by atoms with Crippen molar-refractivity contribution in [2.24, 2.45) is 4.99 Å². The van der Waals surface area contributed by atoms with Gasteiger partial charge in [0.15, 0.2) is 5.96 Å². The molecule has 0 aliphatic carbocycles. The molecule has 0 aromatic heterocycles. The molecule has 0 unspecified atom stereocenters. The maximum absolute atomic E-state index is 5.08. The molecule has 25 heavy (non-hydrogen) atoms. The molecule has 0 saturated heterocycles. The summed E-state index contributed by atoms with van der Waals surface area (Å²) in [6.07, 6.45) is 1.06. The van der Waals surface area contributed by atoms with E-state index in [0.29, 0.717) is 0 Å². The molecule has 1 aromatic rings. The second-order valence-electron chi connectivity index (χ2n) is 6.09. The van der Waals surface area contributed by atoms with Crippen molar-refractivity contribution in [2.45, 2.75) is 13.3 Å². The van der Waals surface area contributed by atoms with E-state index in [-0.39, 0.29) is 0 Å². The Morgan fingerprint density at radius 1 is 1.08 bits per heavy atom. The average molecular weight is 350 g/mol. The van der Waals surface area contributed by atoms with Gasteiger partial charge in [-0.25, -0.2) is 0 Å². The monoisotopic (exact) mass is 349 g/mol. The van der Waals surface area contributed by atoms with Crippen molar-refractivity contribution in [3.05, 3.63) is 30.3 Å². The molecule has 0 spiro atoms. The van der Waals surface area contributed by atoms with E-state index in [9.17, 15) is 0 Å². The van der Waals surface area contributed by atoms with E-state index in [1.807, 2.05) is 6.07 Å². The van der Waals surface area contributed by atoms with Crippen LogP contribution < -0.4 is 15.5 Å². The Kier molecular flexibility index (Phi) is 11.5. The highest BCUT2D eigenvalue weighted by atomic mass is 16.5. The summed E-state index contributed by atoms with van der Waals surface area (Å²) in [7, 11) is 5.98. The largest absolute Gasteiger partial charge is 0.385 e. The number of rotatable bonds is 12. The van der Waals surface area contributed by atoms with Crippen LogP contribution in [0.1, 0.15) is 13.3 Å². The number of ether oxygens (including phenoxy) is 1. The summed E-state index contributed by atoms with van der Waals surface area (Å²) in [5.41, 5.74) is 1.23. The van der Waals surface area contributed by atoms with Gasteiger partial charge < -0.3 is 25.2 Å². The third-order valence-electron chi connectivity index (χ3n) is 3.92. The van der Waals surface area contributed by atoms with Crippen LogP contribution in [0.2, 0.25) is 0 Å². The molecule has 0 amide bonds. The fourth-order valence-electron chi connectivity index (χ4n) is 2.42. The number of nitrogens with one attached hydrogen (secondary N) is 2. The van der Waals surface area contributed by atoms with Crippen LogP contribution in [-0.4, -0.2) is 77.9 Å². The molecule has 6 heteroatoms. The first kappa shape index (κ1) is 21.3. The summed E-state index contributed by atoms with van der Waals surface area (Å²) < 4.78 is 5.08. The molecule has 0 saturated carbocycles. The molecule has 0 atom stereocenters. The first-order chi connectivity index (χ1) is 12.2. The summed E-state index contributed by atoms with van der Waals surface area (Å²) in [4.78, 5) is 9.18. The van der Waals surface area contributed by atoms with Gasteiger partial charge in [0.2, 0.25) is 0 Å². The first-order valence-corrected chi connectivity index (χ1v) is 9.13. The molecule has 0 fully saturated rings. The third kappa shape index (κ3) is 9.94. The average Bonchev–Trinajstić information content (AvgIpc) is 2.62. The summed E-state index contributed by atoms with van der Waals surface area (Å²) in [6, 6.07) is 10.4. The molecule has 1 aromatic carbocycles. The molecular weight excluding hydrogens is 314 g/mol. The van der Waals surface area contributed by atoms with E-state index in [1.165, 1.54) is 5.69 Å². The molecule has 1 rings (SSSR count). The van der Waals surface area contributed by atoms with Crippen LogP contribution in [0, 0.1) is 0 Å². The number of para-hydroxylation sites is 1. The van der Waals surface area contributed by atoms with Crippen LogP contribution in [0.25, 0.3) is 0 Å². The Balaban J connectivity index is 2.30. The molecule has 0 aliphatic heterocycles. The summed E-state index contributed by atoms with van der Waals surface area (Å²) in [5, 5.41) is 6.71. The van der Waals surface area contributed by atoms with E-state index in [2.05, 4.69) is 70.7 Å². The van der Waals surface area contributed by atoms with E-state index in [4.69, 9.17) is 4.74 Å². The van der Waals surface area contributed by atoms with Crippen LogP contribution in [-0.2, 0) is 4.74 Å². The summed E-state index contributed by atoms with van der Waals surface area (Å²) in [6.45, 7) is 8.31. The van der Waals surface area contributed by atoms with Gasteiger partial charge in [-0.2, -0.15) is 0 Å². The predicted molar refractivity (Wildman–Crippen MR) is 108 cm³/mol. The highest BCUT2D eigenvalue weighted by Gasteiger charge is 2.02. The number of guanidine groups is 1. The minimum Gasteiger partial charge on any atom is -0.385 e. The van der Waals surface area contributed by atoms with Crippen molar-refractivity contribution in [1.29, 1.82) is 0 Å². The van der Waals surface area contributed by atoms with Gasteiger partial charge >= 0.3 is 0 Å². The van der Waals surface area contributed by atoms with Crippen LogP contribution in [0.5, 0.6) is 0 Å². The number of hydrogen-bond acceptors (Lipinski definition) is 4. The number of anilines is 1. The molecule has 6 nitrogen and oxygen atoms in total. The van der Waals surface area contributed by atoms with E-state index < -0.39 is 0 Å². The maximum atomic E-state index is 5.08. The van der Waals surface area contributed by atoms with Crippen molar-refractivity contribution in [3.8, 4) is 0 Å². The Morgan fingerprint density at radius 2 is 1.84 bits per heavy atom. The third-order valence-corrected chi connectivity index (χ3v) is 3.92. The molecule has 2 N–H and O–H groups in total. The van der Waals surface area contributed by atoms with Gasteiger partial charge in [0.1, 0.15) is 0 Å². The van der Waals surface area contributed by atoms with Gasteiger partial charge in [-0.05, 0) is 32.5 Å². The second kappa shape index (κ2) is 13.5. The Morgan fingerprint density at radius 3 is 2.52 bits per heavy atom. The Bertz CT molecular complexity index is 466. The molecule has 142 valence electrons. The van der Waals surface area contributed by atoms with Gasteiger partial charge in [0.05, 0.1) is 6.54 Å². The quantitative estimate of drug-likeness (QED) is 0.341. The first-order valence-electron chi connectivity index (χ1n) is 9.13. The molecule has 0 heterocycles. The number of nitrogens with zero attached hydrogens (tertiary/aromatic N) is 3. The van der Waals surface area contributed by atoms with E-state index >= 15 is 0 Å². The zero-order valence-electron chi connectivity index (χ0n) is 16.3. The Labute approximate surface area is 153 Å². The van der Waals surface area contributed by atoms with Crippen LogP contribution in [0.15, 0.2) is 35.3 Å². The lowest BCUT2D eigenvalue weighted by Gasteiger charge is -2.20. The number of aliphatic imine (C=N–C) groups is 1. The van der Waals surface area contributed by atoms with Gasteiger partial charge in [-0.15, -0.1) is 0 Å². The minimum absolute atomic E-state index is 0.785. The summed E-state index contributed by atoms with van der Waals surface area (Å²) in [5.74, 6) is 0.884. The number of benzene rings is 1. The molecule has 0 aliphatic rings. The number of methoxy groups -OCH3 is 1. The molecular formula is C19H35N5O. The summed E-state index contributed by atoms with van der Waals surface area (Å²) >= 11 is 0. The highest BCUT2D eigenvalue weighted by Crippen LogP contribution is 2.09. The van der Waals surface area contributed by atoms with Gasteiger partial charge in [-0.3, -0.25) is 4.99 Å². The van der Waals surface area contributed by atoms with Crippen molar-refractivity contribution >= 4 is 11.6 Å². The van der Waals surface area contributed by atoms with Crippen LogP contribution in [0.4, 0.5) is 5.69 Å². The SMILES string of the molecule is CCNC(=NCCN(C)CCCOC)NCCN(C)c1ccccc1. The number of likely N-dealkylation sites (N-methyl/N-ethyl adjacent to an activating group) is 2. The standard InChI is InChI=1S/C19H35N5O/c1-5-20-19(21-12-15-23(2)14-9-17-25-4)22-13-16-24(3)18-10-7-6-8-11-18/h6-8,10-11H,5,9,12-17H2,1-4H3,(H2,20,21,22). The zero-order valence-corrected chi connectivity index (χ0v) is 16.3.